The SMILES string of the molecule is C[C@@H](N)c1cccc(F)c1Oc1ccccc1CO. The number of ether oxygens (including phenoxy) is 1. The van der Waals surface area contributed by atoms with E-state index in [1.807, 2.05) is 0 Å². The first-order valence-electron chi connectivity index (χ1n) is 6.04. The number of aliphatic hydroxyl groups is 1. The number of rotatable bonds is 4. The number of aliphatic hydroxyl groups excluding tert-OH is 1. The van der Waals surface area contributed by atoms with E-state index in [1.165, 1.54) is 6.07 Å². The van der Waals surface area contributed by atoms with Crippen molar-refractivity contribution in [2.24, 2.45) is 5.73 Å². The van der Waals surface area contributed by atoms with Gasteiger partial charge in [-0.2, -0.15) is 0 Å². The molecule has 0 spiro atoms. The molecule has 19 heavy (non-hydrogen) atoms. The highest BCUT2D eigenvalue weighted by Crippen LogP contribution is 2.33. The summed E-state index contributed by atoms with van der Waals surface area (Å²) in [5.41, 5.74) is 7.00. The molecule has 0 fully saturated rings. The number of hydrogen-bond donors (Lipinski definition) is 2. The zero-order valence-corrected chi connectivity index (χ0v) is 10.6. The highest BCUT2D eigenvalue weighted by atomic mass is 19.1. The molecular weight excluding hydrogens is 245 g/mol. The number of benzene rings is 2. The predicted octanol–water partition coefficient (Wildman–Crippen LogP) is 3.13. The molecule has 2 aromatic carbocycles. The molecule has 0 bridgehead atoms. The van der Waals surface area contributed by atoms with Crippen LogP contribution in [0.1, 0.15) is 24.1 Å². The summed E-state index contributed by atoms with van der Waals surface area (Å²) in [7, 11) is 0. The van der Waals surface area contributed by atoms with Crippen molar-refractivity contribution in [1.82, 2.24) is 0 Å². The third-order valence-electron chi connectivity index (χ3n) is 2.84. The van der Waals surface area contributed by atoms with Crippen molar-refractivity contribution in [3.8, 4) is 11.5 Å². The standard InChI is InChI=1S/C15H16FNO2/c1-10(17)12-6-4-7-13(16)15(12)19-14-8-3-2-5-11(14)9-18/h2-8,10,18H,9,17H2,1H3/t10-/m1/s1. The predicted molar refractivity (Wildman–Crippen MR) is 71.4 cm³/mol. The van der Waals surface area contributed by atoms with Crippen molar-refractivity contribution in [2.75, 3.05) is 0 Å². The third-order valence-corrected chi connectivity index (χ3v) is 2.84. The Morgan fingerprint density at radius 1 is 1.21 bits per heavy atom. The number of nitrogens with two attached hydrogens (primary N) is 1. The number of halogens is 1. The summed E-state index contributed by atoms with van der Waals surface area (Å²) in [6.07, 6.45) is 0. The largest absolute Gasteiger partial charge is 0.454 e. The quantitative estimate of drug-likeness (QED) is 0.889. The molecule has 100 valence electrons. The Morgan fingerprint density at radius 3 is 2.63 bits per heavy atom. The fraction of sp³-hybridized carbons (Fsp3) is 0.200. The summed E-state index contributed by atoms with van der Waals surface area (Å²) in [5, 5.41) is 9.25. The molecule has 4 heteroatoms. The average molecular weight is 261 g/mol. The van der Waals surface area contributed by atoms with Gasteiger partial charge in [-0.3, -0.25) is 0 Å². The molecule has 0 amide bonds. The van der Waals surface area contributed by atoms with Crippen LogP contribution >= 0.6 is 0 Å². The van der Waals surface area contributed by atoms with Gasteiger partial charge in [0.05, 0.1) is 6.61 Å². The van der Waals surface area contributed by atoms with Gasteiger partial charge < -0.3 is 15.6 Å². The maximum atomic E-state index is 13.9. The molecule has 0 saturated carbocycles. The van der Waals surface area contributed by atoms with Crippen molar-refractivity contribution in [1.29, 1.82) is 0 Å². The topological polar surface area (TPSA) is 55.5 Å². The molecular formula is C15H16FNO2. The number of hydrogen-bond acceptors (Lipinski definition) is 3. The Bertz CT molecular complexity index is 570. The second kappa shape index (κ2) is 5.82. The summed E-state index contributed by atoms with van der Waals surface area (Å²) >= 11 is 0. The zero-order chi connectivity index (χ0) is 13.8. The van der Waals surface area contributed by atoms with Gasteiger partial charge in [-0.15, -0.1) is 0 Å². The second-order valence-electron chi connectivity index (χ2n) is 4.31. The Hall–Kier alpha value is -1.91. The summed E-state index contributed by atoms with van der Waals surface area (Å²) in [6.45, 7) is 1.59. The van der Waals surface area contributed by atoms with Crippen molar-refractivity contribution in [3.05, 3.63) is 59.4 Å². The lowest BCUT2D eigenvalue weighted by molar-refractivity contribution is 0.275. The van der Waals surface area contributed by atoms with Gasteiger partial charge in [0.15, 0.2) is 11.6 Å². The summed E-state index contributed by atoms with van der Waals surface area (Å²) in [4.78, 5) is 0. The second-order valence-corrected chi connectivity index (χ2v) is 4.31. The van der Waals surface area contributed by atoms with Crippen LogP contribution in [0.5, 0.6) is 11.5 Å². The van der Waals surface area contributed by atoms with E-state index in [9.17, 15) is 9.50 Å². The van der Waals surface area contributed by atoms with Crippen molar-refractivity contribution in [3.63, 3.8) is 0 Å². The van der Waals surface area contributed by atoms with Gasteiger partial charge in [0, 0.05) is 17.2 Å². The van der Waals surface area contributed by atoms with E-state index >= 15 is 0 Å². The third kappa shape index (κ3) is 2.92. The van der Waals surface area contributed by atoms with Crippen LogP contribution in [0.2, 0.25) is 0 Å². The van der Waals surface area contributed by atoms with Crippen molar-refractivity contribution >= 4 is 0 Å². The van der Waals surface area contributed by atoms with Crippen LogP contribution in [0, 0.1) is 5.82 Å². The van der Waals surface area contributed by atoms with Gasteiger partial charge in [0.1, 0.15) is 5.75 Å². The van der Waals surface area contributed by atoms with Crippen LogP contribution in [0.3, 0.4) is 0 Å². The summed E-state index contributed by atoms with van der Waals surface area (Å²) in [6, 6.07) is 11.3. The molecule has 3 nitrogen and oxygen atoms in total. The smallest absolute Gasteiger partial charge is 0.167 e. The van der Waals surface area contributed by atoms with Gasteiger partial charge in [-0.25, -0.2) is 4.39 Å². The monoisotopic (exact) mass is 261 g/mol. The zero-order valence-electron chi connectivity index (χ0n) is 10.6. The lowest BCUT2D eigenvalue weighted by atomic mass is 10.1. The Labute approximate surface area is 111 Å². The van der Waals surface area contributed by atoms with Crippen LogP contribution in [0.25, 0.3) is 0 Å². The molecule has 1 atom stereocenters. The van der Waals surface area contributed by atoms with E-state index in [1.54, 1.807) is 43.3 Å². The minimum atomic E-state index is -0.470. The van der Waals surface area contributed by atoms with E-state index in [0.717, 1.165) is 0 Å². The molecule has 0 aliphatic carbocycles. The first kappa shape index (κ1) is 13.5. The van der Waals surface area contributed by atoms with Crippen LogP contribution < -0.4 is 10.5 Å². The first-order chi connectivity index (χ1) is 9.13. The molecule has 0 heterocycles. The Morgan fingerprint density at radius 2 is 1.95 bits per heavy atom. The number of para-hydroxylation sites is 2. The van der Waals surface area contributed by atoms with E-state index in [2.05, 4.69) is 0 Å². The van der Waals surface area contributed by atoms with E-state index in [4.69, 9.17) is 10.5 Å². The maximum absolute atomic E-state index is 13.9. The van der Waals surface area contributed by atoms with Gasteiger partial charge in [0.2, 0.25) is 0 Å². The highest BCUT2D eigenvalue weighted by molar-refractivity contribution is 5.43. The van der Waals surface area contributed by atoms with E-state index in [-0.39, 0.29) is 18.4 Å². The molecule has 0 radical (unpaired) electrons. The Kier molecular flexibility index (Phi) is 4.14. The summed E-state index contributed by atoms with van der Waals surface area (Å²) in [5.74, 6) is 0.0675. The van der Waals surface area contributed by atoms with Gasteiger partial charge >= 0.3 is 0 Å². The van der Waals surface area contributed by atoms with Crippen LogP contribution in [-0.4, -0.2) is 5.11 Å². The van der Waals surface area contributed by atoms with Gasteiger partial charge in [-0.1, -0.05) is 30.3 Å². The van der Waals surface area contributed by atoms with E-state index in [0.29, 0.717) is 16.9 Å². The first-order valence-corrected chi connectivity index (χ1v) is 6.04. The van der Waals surface area contributed by atoms with Gasteiger partial charge in [-0.05, 0) is 19.1 Å². The van der Waals surface area contributed by atoms with Crippen molar-refractivity contribution < 1.29 is 14.2 Å². The lowest BCUT2D eigenvalue weighted by Gasteiger charge is -2.16. The Balaban J connectivity index is 2.43. The minimum absolute atomic E-state index is 0.110. The summed E-state index contributed by atoms with van der Waals surface area (Å²) < 4.78 is 19.5. The maximum Gasteiger partial charge on any atom is 0.167 e. The fourth-order valence-electron chi connectivity index (χ4n) is 1.84. The lowest BCUT2D eigenvalue weighted by Crippen LogP contribution is -2.08. The normalized spacial score (nSPS) is 12.2. The molecule has 3 N–H and O–H groups in total. The van der Waals surface area contributed by atoms with Crippen LogP contribution in [-0.2, 0) is 6.61 Å². The fourth-order valence-corrected chi connectivity index (χ4v) is 1.84. The molecule has 2 rings (SSSR count). The highest BCUT2D eigenvalue weighted by Gasteiger charge is 2.15. The molecule has 0 unspecified atom stereocenters. The van der Waals surface area contributed by atoms with E-state index < -0.39 is 5.82 Å². The van der Waals surface area contributed by atoms with Crippen LogP contribution in [0.4, 0.5) is 4.39 Å². The molecule has 0 saturated heterocycles. The molecule has 0 aliphatic rings. The molecule has 2 aromatic rings. The average Bonchev–Trinajstić information content (AvgIpc) is 2.41. The van der Waals surface area contributed by atoms with Crippen molar-refractivity contribution in [2.45, 2.75) is 19.6 Å². The molecule has 0 aromatic heterocycles. The van der Waals surface area contributed by atoms with Gasteiger partial charge in [0.25, 0.3) is 0 Å². The van der Waals surface area contributed by atoms with Crippen LogP contribution in [0.15, 0.2) is 42.5 Å². The molecule has 0 aliphatic heterocycles. The minimum Gasteiger partial charge on any atom is -0.454 e.